The number of nitrogens with zero attached hydrogens (tertiary/aromatic N) is 3. The number of fused-ring (bicyclic) bond motifs is 1. The number of aromatic nitrogens is 4. The van der Waals surface area contributed by atoms with Crippen molar-refractivity contribution < 1.29 is 0 Å². The van der Waals surface area contributed by atoms with Crippen molar-refractivity contribution in [2.24, 2.45) is 0 Å². The van der Waals surface area contributed by atoms with E-state index < -0.39 is 0 Å². The van der Waals surface area contributed by atoms with E-state index in [0.29, 0.717) is 5.65 Å². The number of anilines is 1. The summed E-state index contributed by atoms with van der Waals surface area (Å²) in [5.41, 5.74) is 9.27. The zero-order valence-electron chi connectivity index (χ0n) is 9.80. The van der Waals surface area contributed by atoms with Gasteiger partial charge in [-0.2, -0.15) is 0 Å². The zero-order chi connectivity index (χ0) is 13.2. The smallest absolute Gasteiger partial charge is 0.181 e. The molecule has 5 nitrogen and oxygen atoms in total. The van der Waals surface area contributed by atoms with E-state index in [1.54, 1.807) is 18.1 Å². The molecule has 0 atom stereocenters. The summed E-state index contributed by atoms with van der Waals surface area (Å²) in [6, 6.07) is 5.89. The Morgan fingerprint density at radius 2 is 2.11 bits per heavy atom. The molecule has 0 radical (unpaired) electrons. The standard InChI is InChI=1S/C12H10BrN5S/c13-8-1-7(2-9(14)3-8)4-19-12-10-11(16-5-15-10)17-6-18-12/h1-3,5-6H,4,14H2,(H,15,16,17,18). The first-order valence-electron chi connectivity index (χ1n) is 5.54. The van der Waals surface area contributed by atoms with Gasteiger partial charge >= 0.3 is 0 Å². The van der Waals surface area contributed by atoms with Gasteiger partial charge in [0.05, 0.1) is 6.33 Å². The van der Waals surface area contributed by atoms with Crippen LogP contribution in [0.2, 0.25) is 0 Å². The van der Waals surface area contributed by atoms with Gasteiger partial charge in [-0.1, -0.05) is 27.7 Å². The van der Waals surface area contributed by atoms with Gasteiger partial charge in [-0.25, -0.2) is 15.0 Å². The second kappa shape index (κ2) is 5.18. The van der Waals surface area contributed by atoms with E-state index in [4.69, 9.17) is 5.73 Å². The van der Waals surface area contributed by atoms with E-state index in [0.717, 1.165) is 32.0 Å². The average Bonchev–Trinajstić information content (AvgIpc) is 2.83. The number of nitrogens with one attached hydrogen (secondary N) is 1. The van der Waals surface area contributed by atoms with Gasteiger partial charge in [0, 0.05) is 15.9 Å². The van der Waals surface area contributed by atoms with Crippen LogP contribution >= 0.6 is 27.7 Å². The highest BCUT2D eigenvalue weighted by Crippen LogP contribution is 2.27. The first kappa shape index (κ1) is 12.4. The van der Waals surface area contributed by atoms with E-state index in [-0.39, 0.29) is 0 Å². The monoisotopic (exact) mass is 335 g/mol. The van der Waals surface area contributed by atoms with Gasteiger partial charge in [0.1, 0.15) is 16.9 Å². The van der Waals surface area contributed by atoms with Crippen molar-refractivity contribution in [3.8, 4) is 0 Å². The molecule has 3 N–H and O–H groups in total. The number of hydrogen-bond acceptors (Lipinski definition) is 5. The van der Waals surface area contributed by atoms with Crippen molar-refractivity contribution in [1.82, 2.24) is 19.9 Å². The Kier molecular flexibility index (Phi) is 3.39. The summed E-state index contributed by atoms with van der Waals surface area (Å²) in [6.45, 7) is 0. The first-order chi connectivity index (χ1) is 9.22. The summed E-state index contributed by atoms with van der Waals surface area (Å²) < 4.78 is 0.984. The van der Waals surface area contributed by atoms with Gasteiger partial charge in [0.15, 0.2) is 5.65 Å². The van der Waals surface area contributed by atoms with Crippen LogP contribution < -0.4 is 5.73 Å². The predicted octanol–water partition coefficient (Wildman–Crippen LogP) is 2.99. The Hall–Kier alpha value is -1.60. The summed E-state index contributed by atoms with van der Waals surface area (Å²) in [7, 11) is 0. The van der Waals surface area contributed by atoms with E-state index in [9.17, 15) is 0 Å². The quantitative estimate of drug-likeness (QED) is 0.437. The maximum atomic E-state index is 5.82. The number of thioether (sulfide) groups is 1. The molecule has 2 aromatic heterocycles. The highest BCUT2D eigenvalue weighted by Gasteiger charge is 2.07. The minimum atomic E-state index is 0.686. The lowest BCUT2D eigenvalue weighted by atomic mass is 10.2. The Bertz CT molecular complexity index is 707. The minimum absolute atomic E-state index is 0.686. The molecule has 7 heteroatoms. The third-order valence-electron chi connectivity index (χ3n) is 2.54. The fourth-order valence-corrected chi connectivity index (χ4v) is 3.21. The maximum Gasteiger partial charge on any atom is 0.181 e. The number of H-pyrrole nitrogens is 1. The molecule has 3 aromatic rings. The maximum absolute atomic E-state index is 5.82. The Labute approximate surface area is 122 Å². The van der Waals surface area contributed by atoms with Gasteiger partial charge in [-0.3, -0.25) is 0 Å². The molecule has 0 fully saturated rings. The molecular weight excluding hydrogens is 326 g/mol. The summed E-state index contributed by atoms with van der Waals surface area (Å²) in [5.74, 6) is 0.786. The molecule has 3 rings (SSSR count). The molecule has 0 saturated carbocycles. The molecule has 1 aromatic carbocycles. The summed E-state index contributed by atoms with van der Waals surface area (Å²) in [6.07, 6.45) is 3.15. The molecule has 0 unspecified atom stereocenters. The molecule has 0 aliphatic rings. The molecular formula is C12H10BrN5S. The number of aromatic amines is 1. The molecule has 0 saturated heterocycles. The molecule has 0 amide bonds. The third kappa shape index (κ3) is 2.71. The second-order valence-corrected chi connectivity index (χ2v) is 5.84. The molecule has 96 valence electrons. The van der Waals surface area contributed by atoms with Crippen molar-refractivity contribution in [2.75, 3.05) is 5.73 Å². The van der Waals surface area contributed by atoms with Crippen molar-refractivity contribution in [3.05, 3.63) is 40.9 Å². The van der Waals surface area contributed by atoms with Crippen LogP contribution in [0.3, 0.4) is 0 Å². The lowest BCUT2D eigenvalue weighted by Gasteiger charge is -2.04. The SMILES string of the molecule is Nc1cc(Br)cc(CSc2ncnc3nc[nH]c23)c1. The Morgan fingerprint density at radius 3 is 2.95 bits per heavy atom. The van der Waals surface area contributed by atoms with E-state index in [1.807, 2.05) is 12.1 Å². The Morgan fingerprint density at radius 1 is 1.21 bits per heavy atom. The molecule has 0 aliphatic heterocycles. The van der Waals surface area contributed by atoms with Gasteiger partial charge < -0.3 is 10.7 Å². The number of halogens is 1. The van der Waals surface area contributed by atoms with E-state index >= 15 is 0 Å². The van der Waals surface area contributed by atoms with E-state index in [2.05, 4.69) is 41.9 Å². The highest BCUT2D eigenvalue weighted by atomic mass is 79.9. The van der Waals surface area contributed by atoms with Gasteiger partial charge in [-0.15, -0.1) is 0 Å². The van der Waals surface area contributed by atoms with Crippen LogP contribution in [0.25, 0.3) is 11.2 Å². The molecule has 19 heavy (non-hydrogen) atoms. The topological polar surface area (TPSA) is 80.5 Å². The predicted molar refractivity (Wildman–Crippen MR) is 79.8 cm³/mol. The number of hydrogen-bond donors (Lipinski definition) is 2. The van der Waals surface area contributed by atoms with Crippen molar-refractivity contribution in [3.63, 3.8) is 0 Å². The lowest BCUT2D eigenvalue weighted by molar-refractivity contribution is 1.08. The fourth-order valence-electron chi connectivity index (χ4n) is 1.76. The first-order valence-corrected chi connectivity index (χ1v) is 7.32. The van der Waals surface area contributed by atoms with Crippen LogP contribution in [0, 0.1) is 0 Å². The Balaban J connectivity index is 1.84. The van der Waals surface area contributed by atoms with Crippen LogP contribution in [0.15, 0.2) is 40.4 Å². The summed E-state index contributed by atoms with van der Waals surface area (Å²) >= 11 is 5.07. The average molecular weight is 336 g/mol. The molecule has 0 aliphatic carbocycles. The molecule has 2 heterocycles. The summed E-state index contributed by atoms with van der Waals surface area (Å²) in [5, 5.41) is 0.890. The van der Waals surface area contributed by atoms with Crippen LogP contribution in [0.1, 0.15) is 5.56 Å². The number of rotatable bonds is 3. The largest absolute Gasteiger partial charge is 0.399 e. The number of benzene rings is 1. The number of nitrogens with two attached hydrogens (primary N) is 1. The van der Waals surface area contributed by atoms with Crippen molar-refractivity contribution in [2.45, 2.75) is 10.8 Å². The normalized spacial score (nSPS) is 11.0. The highest BCUT2D eigenvalue weighted by molar-refractivity contribution is 9.10. The molecule has 0 spiro atoms. The van der Waals surface area contributed by atoms with Gasteiger partial charge in [0.2, 0.25) is 0 Å². The minimum Gasteiger partial charge on any atom is -0.399 e. The number of imidazole rings is 1. The van der Waals surface area contributed by atoms with Crippen LogP contribution in [0.4, 0.5) is 5.69 Å². The van der Waals surface area contributed by atoms with Crippen LogP contribution in [-0.2, 0) is 5.75 Å². The van der Waals surface area contributed by atoms with Gasteiger partial charge in [-0.05, 0) is 23.8 Å². The summed E-state index contributed by atoms with van der Waals surface area (Å²) in [4.78, 5) is 15.5. The lowest BCUT2D eigenvalue weighted by Crippen LogP contribution is -1.90. The molecule has 0 bridgehead atoms. The third-order valence-corrected chi connectivity index (χ3v) is 4.06. The van der Waals surface area contributed by atoms with Crippen LogP contribution in [0.5, 0.6) is 0 Å². The van der Waals surface area contributed by atoms with E-state index in [1.165, 1.54) is 6.33 Å². The second-order valence-electron chi connectivity index (χ2n) is 3.96. The zero-order valence-corrected chi connectivity index (χ0v) is 12.2. The fraction of sp³-hybridized carbons (Fsp3) is 0.0833. The van der Waals surface area contributed by atoms with Crippen molar-refractivity contribution >= 4 is 44.5 Å². The number of nitrogen functional groups attached to an aromatic ring is 1. The van der Waals surface area contributed by atoms with Crippen molar-refractivity contribution in [1.29, 1.82) is 0 Å². The van der Waals surface area contributed by atoms with Crippen LogP contribution in [-0.4, -0.2) is 19.9 Å². The van der Waals surface area contributed by atoms with Gasteiger partial charge in [0.25, 0.3) is 0 Å².